The molecule has 3 aromatic carbocycles. The highest BCUT2D eigenvalue weighted by atomic mass is 32.2. The van der Waals surface area contributed by atoms with Crippen molar-refractivity contribution in [2.45, 2.75) is 16.3 Å². The summed E-state index contributed by atoms with van der Waals surface area (Å²) in [6.45, 7) is 0.369. The maximum absolute atomic E-state index is 14.2. The molecule has 4 rings (SSSR count). The number of fused-ring (bicyclic) bond motifs is 1. The molecule has 0 radical (unpaired) electrons. The third-order valence-electron chi connectivity index (χ3n) is 4.71. The molecule has 1 aromatic heterocycles. The standard InChI is InChI=1S/C22H18FN3O2S/c1-24-16-10-11-17-20(12-16)25(13-15-6-2-3-7-18(15)23)14-22(17)29-21-9-5-4-8-19(21)26(27)28/h2-12,14,24H,13H2,1H3. The van der Waals surface area contributed by atoms with Crippen molar-refractivity contribution < 1.29 is 9.31 Å². The summed E-state index contributed by atoms with van der Waals surface area (Å²) in [6.07, 6.45) is 1.93. The Morgan fingerprint density at radius 2 is 1.83 bits per heavy atom. The molecule has 0 atom stereocenters. The second-order valence-electron chi connectivity index (χ2n) is 6.52. The predicted octanol–water partition coefficient (Wildman–Crippen LogP) is 5.93. The Morgan fingerprint density at radius 1 is 1.07 bits per heavy atom. The third kappa shape index (κ3) is 3.82. The number of hydrogen-bond acceptors (Lipinski definition) is 4. The number of hydrogen-bond donors (Lipinski definition) is 1. The molecule has 29 heavy (non-hydrogen) atoms. The molecule has 0 aliphatic rings. The SMILES string of the molecule is CNc1ccc2c(Sc3ccccc3[N+](=O)[O-])cn(Cc3ccccc3F)c2c1. The topological polar surface area (TPSA) is 60.1 Å². The number of benzene rings is 3. The van der Waals surface area contributed by atoms with Crippen LogP contribution >= 0.6 is 11.8 Å². The minimum Gasteiger partial charge on any atom is -0.388 e. The fraction of sp³-hybridized carbons (Fsp3) is 0.0909. The Morgan fingerprint density at radius 3 is 2.59 bits per heavy atom. The molecule has 1 heterocycles. The number of nitro groups is 1. The highest BCUT2D eigenvalue weighted by Crippen LogP contribution is 2.40. The monoisotopic (exact) mass is 407 g/mol. The summed E-state index contributed by atoms with van der Waals surface area (Å²) in [7, 11) is 1.84. The van der Waals surface area contributed by atoms with Crippen LogP contribution in [-0.4, -0.2) is 16.5 Å². The van der Waals surface area contributed by atoms with Gasteiger partial charge in [-0.15, -0.1) is 0 Å². The summed E-state index contributed by atoms with van der Waals surface area (Å²) in [5.74, 6) is -0.257. The van der Waals surface area contributed by atoms with E-state index in [1.54, 1.807) is 30.3 Å². The molecule has 0 spiro atoms. The Bertz CT molecular complexity index is 1210. The van der Waals surface area contributed by atoms with Crippen LogP contribution in [0, 0.1) is 15.9 Å². The number of para-hydroxylation sites is 1. The van der Waals surface area contributed by atoms with Gasteiger partial charge in [0.25, 0.3) is 5.69 Å². The molecular weight excluding hydrogens is 389 g/mol. The molecule has 0 saturated carbocycles. The van der Waals surface area contributed by atoms with E-state index >= 15 is 0 Å². The first kappa shape index (κ1) is 19.0. The van der Waals surface area contributed by atoms with E-state index < -0.39 is 0 Å². The number of nitrogens with one attached hydrogen (secondary N) is 1. The third-order valence-corrected chi connectivity index (χ3v) is 5.83. The number of rotatable bonds is 6. The van der Waals surface area contributed by atoms with Gasteiger partial charge in [0.15, 0.2) is 0 Å². The molecule has 1 N–H and O–H groups in total. The molecule has 0 saturated heterocycles. The number of nitro benzene ring substituents is 1. The second kappa shape index (κ2) is 7.97. The van der Waals surface area contributed by atoms with Crippen LogP contribution < -0.4 is 5.32 Å². The first-order valence-electron chi connectivity index (χ1n) is 9.02. The van der Waals surface area contributed by atoms with E-state index in [0.717, 1.165) is 21.5 Å². The Balaban J connectivity index is 1.81. The van der Waals surface area contributed by atoms with Crippen molar-refractivity contribution in [3.63, 3.8) is 0 Å². The summed E-state index contributed by atoms with van der Waals surface area (Å²) < 4.78 is 16.2. The van der Waals surface area contributed by atoms with Crippen LogP contribution in [0.25, 0.3) is 10.9 Å². The Kier molecular flexibility index (Phi) is 5.22. The summed E-state index contributed by atoms with van der Waals surface area (Å²) in [6, 6.07) is 19.3. The second-order valence-corrected chi connectivity index (χ2v) is 7.61. The van der Waals surface area contributed by atoms with Crippen molar-refractivity contribution in [3.8, 4) is 0 Å². The summed E-state index contributed by atoms with van der Waals surface area (Å²) in [5.41, 5.74) is 2.52. The zero-order chi connectivity index (χ0) is 20.4. The van der Waals surface area contributed by atoms with Crippen LogP contribution in [0.5, 0.6) is 0 Å². The van der Waals surface area contributed by atoms with E-state index in [-0.39, 0.29) is 16.4 Å². The average Bonchev–Trinajstić information content (AvgIpc) is 3.06. The number of nitrogens with zero attached hydrogens (tertiary/aromatic N) is 2. The fourth-order valence-corrected chi connectivity index (χ4v) is 4.34. The normalized spacial score (nSPS) is 11.0. The highest BCUT2D eigenvalue weighted by molar-refractivity contribution is 7.99. The quantitative estimate of drug-likeness (QED) is 0.318. The van der Waals surface area contributed by atoms with Crippen LogP contribution in [0.15, 0.2) is 82.7 Å². The fourth-order valence-electron chi connectivity index (χ4n) is 3.25. The first-order chi connectivity index (χ1) is 14.1. The molecule has 146 valence electrons. The van der Waals surface area contributed by atoms with E-state index in [1.807, 2.05) is 42.1 Å². The van der Waals surface area contributed by atoms with Gasteiger partial charge in [0.1, 0.15) is 5.82 Å². The molecular formula is C22H18FN3O2S. The molecule has 7 heteroatoms. The molecule has 0 aliphatic carbocycles. The summed E-state index contributed by atoms with van der Waals surface area (Å²) in [4.78, 5) is 12.5. The van der Waals surface area contributed by atoms with Gasteiger partial charge in [-0.3, -0.25) is 10.1 Å². The minimum absolute atomic E-state index is 0.0688. The smallest absolute Gasteiger partial charge is 0.283 e. The van der Waals surface area contributed by atoms with Gasteiger partial charge in [-0.2, -0.15) is 0 Å². The lowest BCUT2D eigenvalue weighted by atomic mass is 10.2. The van der Waals surface area contributed by atoms with Gasteiger partial charge < -0.3 is 9.88 Å². The summed E-state index contributed by atoms with van der Waals surface area (Å²) in [5, 5.41) is 15.5. The van der Waals surface area contributed by atoms with E-state index in [2.05, 4.69) is 5.32 Å². The average molecular weight is 407 g/mol. The maximum atomic E-state index is 14.2. The van der Waals surface area contributed by atoms with E-state index in [1.165, 1.54) is 23.9 Å². The van der Waals surface area contributed by atoms with Crippen LogP contribution in [0.3, 0.4) is 0 Å². The molecule has 0 bridgehead atoms. The summed E-state index contributed by atoms with van der Waals surface area (Å²) >= 11 is 1.34. The van der Waals surface area contributed by atoms with Crippen molar-refractivity contribution >= 4 is 34.0 Å². The molecule has 0 aliphatic heterocycles. The van der Waals surface area contributed by atoms with Gasteiger partial charge >= 0.3 is 0 Å². The Labute approximate surface area is 171 Å². The van der Waals surface area contributed by atoms with Crippen molar-refractivity contribution in [1.29, 1.82) is 0 Å². The van der Waals surface area contributed by atoms with Crippen LogP contribution in [0.4, 0.5) is 15.8 Å². The minimum atomic E-state index is -0.375. The van der Waals surface area contributed by atoms with Crippen LogP contribution in [0.1, 0.15) is 5.56 Å². The van der Waals surface area contributed by atoms with Crippen molar-refractivity contribution in [3.05, 3.63) is 94.4 Å². The Hall–Kier alpha value is -3.32. The van der Waals surface area contributed by atoms with E-state index in [0.29, 0.717) is 17.0 Å². The lowest BCUT2D eigenvalue weighted by Gasteiger charge is -2.08. The lowest BCUT2D eigenvalue weighted by Crippen LogP contribution is -2.00. The zero-order valence-electron chi connectivity index (χ0n) is 15.6. The molecule has 0 amide bonds. The molecule has 5 nitrogen and oxygen atoms in total. The van der Waals surface area contributed by atoms with E-state index in [4.69, 9.17) is 0 Å². The molecule has 4 aromatic rings. The predicted molar refractivity (Wildman–Crippen MR) is 114 cm³/mol. The molecule has 0 fully saturated rings. The van der Waals surface area contributed by atoms with Crippen molar-refractivity contribution in [2.24, 2.45) is 0 Å². The molecule has 0 unspecified atom stereocenters. The largest absolute Gasteiger partial charge is 0.388 e. The number of aromatic nitrogens is 1. The van der Waals surface area contributed by atoms with Crippen LogP contribution in [0.2, 0.25) is 0 Å². The first-order valence-corrected chi connectivity index (χ1v) is 9.84. The lowest BCUT2D eigenvalue weighted by molar-refractivity contribution is -0.387. The zero-order valence-corrected chi connectivity index (χ0v) is 16.4. The number of halogens is 1. The van der Waals surface area contributed by atoms with Crippen molar-refractivity contribution in [2.75, 3.05) is 12.4 Å². The maximum Gasteiger partial charge on any atom is 0.283 e. The highest BCUT2D eigenvalue weighted by Gasteiger charge is 2.17. The van der Waals surface area contributed by atoms with E-state index in [9.17, 15) is 14.5 Å². The van der Waals surface area contributed by atoms with Gasteiger partial charge in [0.2, 0.25) is 0 Å². The van der Waals surface area contributed by atoms with Gasteiger partial charge in [0, 0.05) is 40.8 Å². The van der Waals surface area contributed by atoms with Crippen LogP contribution in [-0.2, 0) is 6.54 Å². The van der Waals surface area contributed by atoms with Gasteiger partial charge in [-0.25, -0.2) is 4.39 Å². The van der Waals surface area contributed by atoms with Gasteiger partial charge in [-0.05, 0) is 30.3 Å². The van der Waals surface area contributed by atoms with Crippen molar-refractivity contribution in [1.82, 2.24) is 4.57 Å². The number of anilines is 1. The van der Waals surface area contributed by atoms with Gasteiger partial charge in [-0.1, -0.05) is 42.1 Å². The van der Waals surface area contributed by atoms with Gasteiger partial charge in [0.05, 0.1) is 21.9 Å².